The minimum Gasteiger partial charge on any atom is -0.350 e. The van der Waals surface area contributed by atoms with E-state index >= 15 is 0 Å². The van der Waals surface area contributed by atoms with E-state index in [0.717, 1.165) is 0 Å². The number of hydrogen-bond donors (Lipinski definition) is 3. The van der Waals surface area contributed by atoms with Gasteiger partial charge in [0, 0.05) is 5.54 Å². The topological polar surface area (TPSA) is 84.2 Å². The lowest BCUT2D eigenvalue weighted by Gasteiger charge is -2.24. The molecule has 0 saturated heterocycles. The van der Waals surface area contributed by atoms with Crippen LogP contribution in [-0.4, -0.2) is 29.4 Å². The fraction of sp³-hybridized carbons (Fsp3) is 0.800. The molecule has 2 amide bonds. The molecule has 0 radical (unpaired) electrons. The molecule has 16 heavy (non-hydrogen) atoms. The van der Waals surface area contributed by atoms with Gasteiger partial charge in [0.1, 0.15) is 6.04 Å². The number of nitrogens with two attached hydrogens (primary N) is 1. The third kappa shape index (κ3) is 7.48. The van der Waals surface area contributed by atoms with Gasteiger partial charge in [0.25, 0.3) is 0 Å². The van der Waals surface area contributed by atoms with Crippen LogP contribution < -0.4 is 16.4 Å². The van der Waals surface area contributed by atoms with Crippen molar-refractivity contribution in [1.82, 2.24) is 10.6 Å². The molecule has 6 heteroatoms. The molecule has 0 aromatic carbocycles. The van der Waals surface area contributed by atoms with Crippen LogP contribution >= 0.6 is 12.4 Å². The van der Waals surface area contributed by atoms with Gasteiger partial charge in [0.05, 0.1) is 6.04 Å². The molecule has 5 nitrogen and oxygen atoms in total. The fourth-order valence-electron chi connectivity index (χ4n) is 0.888. The van der Waals surface area contributed by atoms with Crippen LogP contribution in [0, 0.1) is 0 Å². The highest BCUT2D eigenvalue weighted by Gasteiger charge is 2.21. The molecule has 0 rings (SSSR count). The number of nitrogens with one attached hydrogen (secondary N) is 2. The minimum atomic E-state index is -0.602. The molecule has 96 valence electrons. The Kier molecular flexibility index (Phi) is 7.37. The maximum atomic E-state index is 11.6. The molecule has 0 heterocycles. The predicted molar refractivity (Wildman–Crippen MR) is 66.4 cm³/mol. The van der Waals surface area contributed by atoms with E-state index in [1.165, 1.54) is 0 Å². The molecule has 0 aliphatic rings. The third-order valence-electron chi connectivity index (χ3n) is 1.66. The highest BCUT2D eigenvalue weighted by atomic mass is 35.5. The first-order valence-electron chi connectivity index (χ1n) is 5.01. The second kappa shape index (κ2) is 6.70. The Morgan fingerprint density at radius 2 is 1.56 bits per heavy atom. The molecular weight excluding hydrogens is 230 g/mol. The van der Waals surface area contributed by atoms with Crippen LogP contribution in [0.4, 0.5) is 0 Å². The van der Waals surface area contributed by atoms with Crippen molar-refractivity contribution in [3.05, 3.63) is 0 Å². The van der Waals surface area contributed by atoms with Gasteiger partial charge in [-0.15, -0.1) is 12.4 Å². The van der Waals surface area contributed by atoms with E-state index in [4.69, 9.17) is 5.73 Å². The van der Waals surface area contributed by atoms with E-state index in [2.05, 4.69) is 10.6 Å². The van der Waals surface area contributed by atoms with Crippen molar-refractivity contribution in [3.63, 3.8) is 0 Å². The Morgan fingerprint density at radius 3 is 1.88 bits per heavy atom. The molecule has 4 N–H and O–H groups in total. The van der Waals surface area contributed by atoms with Crippen LogP contribution in [0.15, 0.2) is 0 Å². The number of halogens is 1. The highest BCUT2D eigenvalue weighted by molar-refractivity contribution is 5.89. The van der Waals surface area contributed by atoms with Crippen LogP contribution in [-0.2, 0) is 9.59 Å². The Labute approximate surface area is 103 Å². The first kappa shape index (κ1) is 17.6. The SMILES string of the molecule is CC(N)C(=O)NC(C)C(=O)NC(C)(C)C.Cl. The maximum absolute atomic E-state index is 11.6. The van der Waals surface area contributed by atoms with E-state index in [9.17, 15) is 9.59 Å². The summed E-state index contributed by atoms with van der Waals surface area (Å²) in [5.41, 5.74) is 5.07. The standard InChI is InChI=1S/C10H21N3O2.ClH/c1-6(11)8(14)12-7(2)9(15)13-10(3,4)5;/h6-7H,11H2,1-5H3,(H,12,14)(H,13,15);1H. The van der Waals surface area contributed by atoms with Gasteiger partial charge in [-0.1, -0.05) is 0 Å². The molecule has 0 saturated carbocycles. The Balaban J connectivity index is 0. The van der Waals surface area contributed by atoms with Crippen LogP contribution in [0.1, 0.15) is 34.6 Å². The molecule has 2 unspecified atom stereocenters. The van der Waals surface area contributed by atoms with Gasteiger partial charge < -0.3 is 16.4 Å². The van der Waals surface area contributed by atoms with E-state index in [1.54, 1.807) is 13.8 Å². The van der Waals surface area contributed by atoms with Gasteiger partial charge in [0.2, 0.25) is 11.8 Å². The zero-order chi connectivity index (χ0) is 12.2. The fourth-order valence-corrected chi connectivity index (χ4v) is 0.888. The van der Waals surface area contributed by atoms with Crippen molar-refractivity contribution in [2.75, 3.05) is 0 Å². The number of carbonyl (C=O) groups excluding carboxylic acids is 2. The molecule has 0 aromatic heterocycles. The molecule has 2 atom stereocenters. The summed E-state index contributed by atoms with van der Waals surface area (Å²) >= 11 is 0. The Morgan fingerprint density at radius 1 is 1.12 bits per heavy atom. The summed E-state index contributed by atoms with van der Waals surface area (Å²) in [4.78, 5) is 22.8. The first-order chi connectivity index (χ1) is 6.63. The minimum absolute atomic E-state index is 0. The van der Waals surface area contributed by atoms with E-state index in [-0.39, 0.29) is 29.8 Å². The Hall–Kier alpha value is -0.810. The summed E-state index contributed by atoms with van der Waals surface area (Å²) < 4.78 is 0. The van der Waals surface area contributed by atoms with Crippen LogP contribution in [0.2, 0.25) is 0 Å². The van der Waals surface area contributed by atoms with Crippen molar-refractivity contribution >= 4 is 24.2 Å². The lowest BCUT2D eigenvalue weighted by atomic mass is 10.1. The number of hydrogen-bond acceptors (Lipinski definition) is 3. The van der Waals surface area contributed by atoms with E-state index < -0.39 is 12.1 Å². The summed E-state index contributed by atoms with van der Waals surface area (Å²) in [5.74, 6) is -0.539. The quantitative estimate of drug-likeness (QED) is 0.669. The summed E-state index contributed by atoms with van der Waals surface area (Å²) in [6, 6.07) is -1.17. The largest absolute Gasteiger partial charge is 0.350 e. The zero-order valence-corrected chi connectivity index (χ0v) is 11.3. The van der Waals surface area contributed by atoms with Gasteiger partial charge in [-0.25, -0.2) is 0 Å². The molecule has 0 bridgehead atoms. The van der Waals surface area contributed by atoms with E-state index in [1.807, 2.05) is 20.8 Å². The monoisotopic (exact) mass is 251 g/mol. The van der Waals surface area contributed by atoms with Crippen molar-refractivity contribution in [2.24, 2.45) is 5.73 Å². The van der Waals surface area contributed by atoms with Crippen molar-refractivity contribution < 1.29 is 9.59 Å². The summed E-state index contributed by atoms with van der Waals surface area (Å²) in [6.07, 6.45) is 0. The lowest BCUT2D eigenvalue weighted by molar-refractivity contribution is -0.129. The number of rotatable bonds is 3. The van der Waals surface area contributed by atoms with Gasteiger partial charge in [0.15, 0.2) is 0 Å². The number of amides is 2. The zero-order valence-electron chi connectivity index (χ0n) is 10.5. The molecular formula is C10H22ClN3O2. The van der Waals surface area contributed by atoms with Crippen LogP contribution in [0.5, 0.6) is 0 Å². The summed E-state index contributed by atoms with van der Waals surface area (Å²) in [5, 5.41) is 5.29. The van der Waals surface area contributed by atoms with Crippen LogP contribution in [0.25, 0.3) is 0 Å². The van der Waals surface area contributed by atoms with Gasteiger partial charge in [-0.2, -0.15) is 0 Å². The average molecular weight is 252 g/mol. The molecule has 0 aromatic rings. The predicted octanol–water partition coefficient (Wildman–Crippen LogP) is 0.175. The third-order valence-corrected chi connectivity index (χ3v) is 1.66. The second-order valence-electron chi connectivity index (χ2n) is 4.76. The van der Waals surface area contributed by atoms with E-state index in [0.29, 0.717) is 0 Å². The van der Waals surface area contributed by atoms with Crippen molar-refractivity contribution in [2.45, 2.75) is 52.2 Å². The van der Waals surface area contributed by atoms with Crippen LogP contribution in [0.3, 0.4) is 0 Å². The normalized spacial score (nSPS) is 14.4. The lowest BCUT2D eigenvalue weighted by Crippen LogP contribution is -2.53. The summed E-state index contributed by atoms with van der Waals surface area (Å²) in [7, 11) is 0. The maximum Gasteiger partial charge on any atom is 0.242 e. The van der Waals surface area contributed by atoms with Crippen molar-refractivity contribution in [1.29, 1.82) is 0 Å². The van der Waals surface area contributed by atoms with Gasteiger partial charge >= 0.3 is 0 Å². The highest BCUT2D eigenvalue weighted by Crippen LogP contribution is 1.99. The second-order valence-corrected chi connectivity index (χ2v) is 4.76. The smallest absolute Gasteiger partial charge is 0.242 e. The summed E-state index contributed by atoms with van der Waals surface area (Å²) in [6.45, 7) is 8.84. The number of carbonyl (C=O) groups is 2. The van der Waals surface area contributed by atoms with Gasteiger partial charge in [-0.3, -0.25) is 9.59 Å². The van der Waals surface area contributed by atoms with Gasteiger partial charge in [-0.05, 0) is 34.6 Å². The molecule has 0 spiro atoms. The average Bonchev–Trinajstić information content (AvgIpc) is 2.00. The molecule has 0 aliphatic heterocycles. The molecule has 0 aliphatic carbocycles. The Bertz CT molecular complexity index is 249. The van der Waals surface area contributed by atoms with Crippen molar-refractivity contribution in [3.8, 4) is 0 Å². The molecule has 0 fully saturated rings. The first-order valence-corrected chi connectivity index (χ1v) is 5.01.